The molecule has 1 aromatic rings. The number of aliphatic hydroxyl groups excluding tert-OH is 1. The van der Waals surface area contributed by atoms with Gasteiger partial charge in [-0.2, -0.15) is 4.57 Å². The molecule has 0 fully saturated rings. The first-order valence-corrected chi connectivity index (χ1v) is 2.36. The van der Waals surface area contributed by atoms with Gasteiger partial charge in [-0.15, -0.1) is 0 Å². The van der Waals surface area contributed by atoms with Crippen LogP contribution in [-0.2, 0) is 13.7 Å². The Kier molecular flexibility index (Phi) is 1.30. The van der Waals surface area contributed by atoms with Gasteiger partial charge in [0.1, 0.15) is 13.7 Å². The van der Waals surface area contributed by atoms with Gasteiger partial charge in [-0.3, -0.25) is 0 Å². The first kappa shape index (κ1) is 5.31. The molecule has 0 saturated heterocycles. The summed E-state index contributed by atoms with van der Waals surface area (Å²) in [5.74, 6) is 0.590. The minimum atomic E-state index is -0.0269. The average Bonchev–Trinajstić information content (AvgIpc) is 2.14. The predicted octanol–water partition coefficient (Wildman–Crippen LogP) is -0.404. The fourth-order valence-corrected chi connectivity index (χ4v) is 0.517. The van der Waals surface area contributed by atoms with Crippen LogP contribution in [0.25, 0.3) is 0 Å². The summed E-state index contributed by atoms with van der Waals surface area (Å²) < 4.78 is 6.57. The lowest BCUT2D eigenvalue weighted by Crippen LogP contribution is -2.22. The van der Waals surface area contributed by atoms with Crippen molar-refractivity contribution in [1.29, 1.82) is 0 Å². The van der Waals surface area contributed by atoms with Gasteiger partial charge in [-0.25, -0.2) is 0 Å². The molecule has 1 N–H and O–H groups in total. The third-order valence-corrected chi connectivity index (χ3v) is 0.874. The highest BCUT2D eigenvalue weighted by Gasteiger charge is 1.99. The summed E-state index contributed by atoms with van der Waals surface area (Å²) >= 11 is 0. The van der Waals surface area contributed by atoms with Gasteiger partial charge in [0.25, 0.3) is 0 Å². The summed E-state index contributed by atoms with van der Waals surface area (Å²) in [6.07, 6.45) is 3.26. The van der Waals surface area contributed by atoms with Crippen molar-refractivity contribution in [2.45, 2.75) is 6.61 Å². The summed E-state index contributed by atoms with van der Waals surface area (Å²) in [5, 5.41) is 8.44. The summed E-state index contributed by atoms with van der Waals surface area (Å²) in [7, 11) is 1.84. The second-order valence-corrected chi connectivity index (χ2v) is 1.64. The van der Waals surface area contributed by atoms with Crippen molar-refractivity contribution >= 4 is 0 Å². The standard InChI is InChI=1S/C5H8NO2/c1-6-2-5(3-7)8-4-6/h2,4,7H,3H2,1H3/q+1. The van der Waals surface area contributed by atoms with E-state index in [1.807, 2.05) is 7.05 Å². The number of rotatable bonds is 1. The summed E-state index contributed by atoms with van der Waals surface area (Å²) in [6, 6.07) is 0. The molecule has 0 aliphatic rings. The van der Waals surface area contributed by atoms with Crippen LogP contribution in [0.5, 0.6) is 0 Å². The molecule has 1 aromatic heterocycles. The maximum Gasteiger partial charge on any atom is 0.334 e. The molecule has 1 rings (SSSR count). The van der Waals surface area contributed by atoms with Crippen LogP contribution in [0.15, 0.2) is 17.0 Å². The van der Waals surface area contributed by atoms with E-state index in [0.717, 1.165) is 0 Å². The number of aliphatic hydroxyl groups is 1. The molecule has 3 heteroatoms. The lowest BCUT2D eigenvalue weighted by atomic mass is 10.6. The van der Waals surface area contributed by atoms with Crippen LogP contribution in [0, 0.1) is 0 Å². The quantitative estimate of drug-likeness (QED) is 0.504. The van der Waals surface area contributed by atoms with Crippen LogP contribution >= 0.6 is 0 Å². The summed E-state index contributed by atoms with van der Waals surface area (Å²) in [6.45, 7) is -0.0269. The molecule has 3 nitrogen and oxygen atoms in total. The fraction of sp³-hybridized carbons (Fsp3) is 0.400. The molecule has 8 heavy (non-hydrogen) atoms. The van der Waals surface area contributed by atoms with Crippen molar-refractivity contribution in [2.75, 3.05) is 0 Å². The number of hydrogen-bond acceptors (Lipinski definition) is 2. The van der Waals surface area contributed by atoms with Gasteiger partial charge in [-0.1, -0.05) is 0 Å². The van der Waals surface area contributed by atoms with Gasteiger partial charge in [0.15, 0.2) is 5.76 Å². The first-order valence-electron chi connectivity index (χ1n) is 2.36. The van der Waals surface area contributed by atoms with Gasteiger partial charge >= 0.3 is 6.39 Å². The van der Waals surface area contributed by atoms with E-state index >= 15 is 0 Å². The number of hydrogen-bond donors (Lipinski definition) is 1. The minimum absolute atomic E-state index is 0.0269. The molecule has 0 spiro atoms. The SMILES string of the molecule is C[n+]1coc(CO)c1. The molecule has 0 aliphatic carbocycles. The number of oxazole rings is 1. The minimum Gasteiger partial charge on any atom is -0.406 e. The van der Waals surface area contributed by atoms with Crippen LogP contribution in [0.3, 0.4) is 0 Å². The van der Waals surface area contributed by atoms with E-state index in [9.17, 15) is 0 Å². The molecule has 0 saturated carbocycles. The Labute approximate surface area is 47.2 Å². The average molecular weight is 114 g/mol. The maximum absolute atomic E-state index is 8.44. The highest BCUT2D eigenvalue weighted by atomic mass is 16.4. The van der Waals surface area contributed by atoms with Gasteiger partial charge in [-0.05, 0) is 0 Å². The molecule has 0 atom stereocenters. The van der Waals surface area contributed by atoms with E-state index in [1.165, 1.54) is 6.39 Å². The summed E-state index contributed by atoms with van der Waals surface area (Å²) in [4.78, 5) is 0. The zero-order valence-electron chi connectivity index (χ0n) is 4.66. The summed E-state index contributed by atoms with van der Waals surface area (Å²) in [5.41, 5.74) is 0. The van der Waals surface area contributed by atoms with Gasteiger partial charge < -0.3 is 9.52 Å². The Balaban J connectivity index is 2.84. The van der Waals surface area contributed by atoms with E-state index in [1.54, 1.807) is 10.8 Å². The van der Waals surface area contributed by atoms with Crippen molar-refractivity contribution in [3.63, 3.8) is 0 Å². The third-order valence-electron chi connectivity index (χ3n) is 0.874. The van der Waals surface area contributed by atoms with Gasteiger partial charge in [0.05, 0.1) is 0 Å². The topological polar surface area (TPSA) is 37.2 Å². The van der Waals surface area contributed by atoms with Crippen molar-refractivity contribution in [1.82, 2.24) is 0 Å². The lowest BCUT2D eigenvalue weighted by molar-refractivity contribution is -0.674. The zero-order valence-corrected chi connectivity index (χ0v) is 4.66. The fourth-order valence-electron chi connectivity index (χ4n) is 0.517. The van der Waals surface area contributed by atoms with Gasteiger partial charge in [0, 0.05) is 0 Å². The van der Waals surface area contributed by atoms with E-state index in [-0.39, 0.29) is 6.61 Å². The molecule has 0 bridgehead atoms. The molecule has 0 amide bonds. The van der Waals surface area contributed by atoms with Crippen LogP contribution < -0.4 is 4.57 Å². The molecule has 0 radical (unpaired) electrons. The Hall–Kier alpha value is -0.830. The van der Waals surface area contributed by atoms with Crippen LogP contribution in [0.1, 0.15) is 5.76 Å². The monoisotopic (exact) mass is 114 g/mol. The van der Waals surface area contributed by atoms with Crippen molar-refractivity contribution in [3.8, 4) is 0 Å². The van der Waals surface area contributed by atoms with Crippen molar-refractivity contribution < 1.29 is 14.1 Å². The molecule has 0 unspecified atom stereocenters. The highest BCUT2D eigenvalue weighted by molar-refractivity contribution is 4.78. The Morgan fingerprint density at radius 1 is 1.88 bits per heavy atom. The smallest absolute Gasteiger partial charge is 0.334 e. The third kappa shape index (κ3) is 0.869. The van der Waals surface area contributed by atoms with Crippen LogP contribution in [0.2, 0.25) is 0 Å². The Morgan fingerprint density at radius 2 is 2.62 bits per heavy atom. The molecule has 44 valence electrons. The molecular formula is C5H8NO2+. The van der Waals surface area contributed by atoms with Gasteiger partial charge in [0.2, 0.25) is 6.20 Å². The molecule has 1 heterocycles. The molecule has 0 aromatic carbocycles. The van der Waals surface area contributed by atoms with Crippen molar-refractivity contribution in [3.05, 3.63) is 18.4 Å². The maximum atomic E-state index is 8.44. The second-order valence-electron chi connectivity index (χ2n) is 1.64. The normalized spacial score (nSPS) is 9.75. The number of aryl methyl sites for hydroxylation is 1. The number of nitrogens with zero attached hydrogens (tertiary/aromatic N) is 1. The van der Waals surface area contributed by atoms with E-state index in [4.69, 9.17) is 9.52 Å². The van der Waals surface area contributed by atoms with Crippen LogP contribution in [-0.4, -0.2) is 5.11 Å². The predicted molar refractivity (Wildman–Crippen MR) is 25.8 cm³/mol. The first-order chi connectivity index (χ1) is 3.83. The highest BCUT2D eigenvalue weighted by Crippen LogP contribution is 1.90. The van der Waals surface area contributed by atoms with E-state index in [2.05, 4.69) is 0 Å². The zero-order chi connectivity index (χ0) is 5.98. The lowest BCUT2D eigenvalue weighted by Gasteiger charge is -1.74. The Morgan fingerprint density at radius 3 is 2.88 bits per heavy atom. The Bertz CT molecular complexity index is 171. The number of aromatic nitrogens is 1. The second kappa shape index (κ2) is 1.96. The largest absolute Gasteiger partial charge is 0.406 e. The molecule has 0 aliphatic heterocycles. The van der Waals surface area contributed by atoms with E-state index in [0.29, 0.717) is 5.76 Å². The molecular weight excluding hydrogens is 106 g/mol. The van der Waals surface area contributed by atoms with E-state index < -0.39 is 0 Å². The van der Waals surface area contributed by atoms with Crippen LogP contribution in [0.4, 0.5) is 0 Å². The van der Waals surface area contributed by atoms with Crippen molar-refractivity contribution in [2.24, 2.45) is 7.05 Å².